The van der Waals surface area contributed by atoms with Gasteiger partial charge in [-0.2, -0.15) is 13.2 Å². The van der Waals surface area contributed by atoms with E-state index in [0.29, 0.717) is 6.04 Å². The summed E-state index contributed by atoms with van der Waals surface area (Å²) in [5, 5.41) is 3.29. The SMILES string of the molecule is CC[C@H]1C[C@@H](C)c2cc(C(F)(F)F)ccc2N1. The normalized spacial score (nSPS) is 24.1. The van der Waals surface area contributed by atoms with Crippen LogP contribution in [0.4, 0.5) is 18.9 Å². The van der Waals surface area contributed by atoms with Crippen molar-refractivity contribution in [3.8, 4) is 0 Å². The Hall–Kier alpha value is -1.19. The van der Waals surface area contributed by atoms with Crippen molar-refractivity contribution in [3.63, 3.8) is 0 Å². The van der Waals surface area contributed by atoms with E-state index in [1.165, 1.54) is 6.07 Å². The van der Waals surface area contributed by atoms with Crippen molar-refractivity contribution in [2.45, 2.75) is 44.8 Å². The van der Waals surface area contributed by atoms with E-state index < -0.39 is 11.7 Å². The Balaban J connectivity index is 2.37. The van der Waals surface area contributed by atoms with Crippen molar-refractivity contribution in [1.29, 1.82) is 0 Å². The zero-order valence-corrected chi connectivity index (χ0v) is 9.93. The summed E-state index contributed by atoms with van der Waals surface area (Å²) in [7, 11) is 0. The fourth-order valence-electron chi connectivity index (χ4n) is 2.38. The minimum atomic E-state index is -4.25. The molecule has 1 aliphatic heterocycles. The lowest BCUT2D eigenvalue weighted by Crippen LogP contribution is -2.26. The molecule has 0 saturated carbocycles. The summed E-state index contributed by atoms with van der Waals surface area (Å²) in [4.78, 5) is 0. The van der Waals surface area contributed by atoms with E-state index in [2.05, 4.69) is 12.2 Å². The molecule has 94 valence electrons. The third-order valence-corrected chi connectivity index (χ3v) is 3.40. The minimum absolute atomic E-state index is 0.179. The maximum absolute atomic E-state index is 12.6. The molecule has 0 saturated heterocycles. The van der Waals surface area contributed by atoms with Crippen molar-refractivity contribution < 1.29 is 13.2 Å². The van der Waals surface area contributed by atoms with Crippen LogP contribution in [-0.2, 0) is 6.18 Å². The molecule has 2 rings (SSSR count). The van der Waals surface area contributed by atoms with Gasteiger partial charge < -0.3 is 5.32 Å². The lowest BCUT2D eigenvalue weighted by molar-refractivity contribution is -0.137. The van der Waals surface area contributed by atoms with E-state index in [0.717, 1.165) is 30.2 Å². The average Bonchev–Trinajstić information content (AvgIpc) is 2.27. The molecule has 1 heterocycles. The second kappa shape index (κ2) is 4.24. The number of halogens is 3. The molecule has 1 aromatic carbocycles. The van der Waals surface area contributed by atoms with Crippen molar-refractivity contribution in [1.82, 2.24) is 0 Å². The van der Waals surface area contributed by atoms with Gasteiger partial charge in [0.2, 0.25) is 0 Å². The summed E-state index contributed by atoms with van der Waals surface area (Å²) >= 11 is 0. The molecule has 1 N–H and O–H groups in total. The first-order valence-electron chi connectivity index (χ1n) is 5.89. The van der Waals surface area contributed by atoms with Gasteiger partial charge in [0.1, 0.15) is 0 Å². The van der Waals surface area contributed by atoms with Crippen molar-refractivity contribution in [2.24, 2.45) is 0 Å². The smallest absolute Gasteiger partial charge is 0.382 e. The molecular weight excluding hydrogens is 227 g/mol. The van der Waals surface area contributed by atoms with Crippen LogP contribution in [0.15, 0.2) is 18.2 Å². The highest BCUT2D eigenvalue weighted by Crippen LogP contribution is 2.39. The van der Waals surface area contributed by atoms with Gasteiger partial charge in [0, 0.05) is 11.7 Å². The van der Waals surface area contributed by atoms with Crippen LogP contribution in [0.5, 0.6) is 0 Å². The van der Waals surface area contributed by atoms with Crippen molar-refractivity contribution in [2.75, 3.05) is 5.32 Å². The van der Waals surface area contributed by atoms with Crippen LogP contribution in [0.1, 0.15) is 43.7 Å². The molecule has 0 amide bonds. The Morgan fingerprint density at radius 3 is 2.65 bits per heavy atom. The number of hydrogen-bond donors (Lipinski definition) is 1. The topological polar surface area (TPSA) is 12.0 Å². The van der Waals surface area contributed by atoms with E-state index in [9.17, 15) is 13.2 Å². The Morgan fingerprint density at radius 2 is 2.06 bits per heavy atom. The van der Waals surface area contributed by atoms with Crippen LogP contribution in [-0.4, -0.2) is 6.04 Å². The highest BCUT2D eigenvalue weighted by molar-refractivity contribution is 5.57. The summed E-state index contributed by atoms with van der Waals surface area (Å²) < 4.78 is 37.8. The van der Waals surface area contributed by atoms with E-state index in [1.807, 2.05) is 6.92 Å². The number of rotatable bonds is 1. The van der Waals surface area contributed by atoms with Crippen molar-refractivity contribution >= 4 is 5.69 Å². The number of hydrogen-bond acceptors (Lipinski definition) is 1. The number of alkyl halides is 3. The number of nitrogens with one attached hydrogen (secondary N) is 1. The highest BCUT2D eigenvalue weighted by atomic mass is 19.4. The van der Waals surface area contributed by atoms with Gasteiger partial charge in [-0.3, -0.25) is 0 Å². The van der Waals surface area contributed by atoms with Crippen molar-refractivity contribution in [3.05, 3.63) is 29.3 Å². The molecule has 0 aliphatic carbocycles. The van der Waals surface area contributed by atoms with Gasteiger partial charge in [-0.1, -0.05) is 13.8 Å². The summed E-state index contributed by atoms with van der Waals surface area (Å²) in [5.41, 5.74) is 1.08. The average molecular weight is 243 g/mol. The van der Waals surface area contributed by atoms with Crippen LogP contribution >= 0.6 is 0 Å². The Bertz CT molecular complexity index is 412. The molecule has 1 nitrogen and oxygen atoms in total. The molecule has 0 aromatic heterocycles. The zero-order chi connectivity index (χ0) is 12.6. The van der Waals surface area contributed by atoms with Gasteiger partial charge in [-0.05, 0) is 42.5 Å². The first-order valence-corrected chi connectivity index (χ1v) is 5.89. The van der Waals surface area contributed by atoms with Gasteiger partial charge >= 0.3 is 6.18 Å². The Morgan fingerprint density at radius 1 is 1.35 bits per heavy atom. The zero-order valence-electron chi connectivity index (χ0n) is 9.93. The molecule has 0 radical (unpaired) electrons. The quantitative estimate of drug-likeness (QED) is 0.770. The minimum Gasteiger partial charge on any atom is -0.382 e. The van der Waals surface area contributed by atoms with E-state index in [-0.39, 0.29) is 5.92 Å². The number of anilines is 1. The van der Waals surface area contributed by atoms with Gasteiger partial charge in [0.05, 0.1) is 5.56 Å². The maximum atomic E-state index is 12.6. The molecule has 2 atom stereocenters. The molecule has 0 bridgehead atoms. The molecule has 0 unspecified atom stereocenters. The third kappa shape index (κ3) is 2.40. The first kappa shape index (κ1) is 12.3. The Kier molecular flexibility index (Phi) is 3.06. The van der Waals surface area contributed by atoms with Gasteiger partial charge in [-0.25, -0.2) is 0 Å². The van der Waals surface area contributed by atoms with Crippen LogP contribution in [0.2, 0.25) is 0 Å². The molecule has 0 fully saturated rings. The van der Waals surface area contributed by atoms with E-state index in [4.69, 9.17) is 0 Å². The largest absolute Gasteiger partial charge is 0.416 e. The molecule has 0 spiro atoms. The van der Waals surface area contributed by atoms with Gasteiger partial charge in [-0.15, -0.1) is 0 Å². The van der Waals surface area contributed by atoms with Crippen LogP contribution in [0, 0.1) is 0 Å². The van der Waals surface area contributed by atoms with Crippen LogP contribution in [0.25, 0.3) is 0 Å². The predicted octanol–water partition coefficient (Wildman–Crippen LogP) is 4.40. The first-order chi connectivity index (χ1) is 7.91. The molecule has 17 heavy (non-hydrogen) atoms. The predicted molar refractivity (Wildman–Crippen MR) is 62.2 cm³/mol. The summed E-state index contributed by atoms with van der Waals surface area (Å²) in [6, 6.07) is 4.35. The maximum Gasteiger partial charge on any atom is 0.416 e. The van der Waals surface area contributed by atoms with Gasteiger partial charge in [0.15, 0.2) is 0 Å². The molecule has 1 aliphatic rings. The third-order valence-electron chi connectivity index (χ3n) is 3.40. The summed E-state index contributed by atoms with van der Waals surface area (Å²) in [6.45, 7) is 4.07. The second-order valence-electron chi connectivity index (χ2n) is 4.69. The van der Waals surface area contributed by atoms with Crippen LogP contribution in [0.3, 0.4) is 0 Å². The lowest BCUT2D eigenvalue weighted by atomic mass is 9.86. The molecular formula is C13H16F3N. The number of benzene rings is 1. The van der Waals surface area contributed by atoms with Gasteiger partial charge in [0.25, 0.3) is 0 Å². The van der Waals surface area contributed by atoms with E-state index in [1.54, 1.807) is 6.07 Å². The number of fused-ring (bicyclic) bond motifs is 1. The van der Waals surface area contributed by atoms with E-state index >= 15 is 0 Å². The summed E-state index contributed by atoms with van der Waals surface area (Å²) in [6.07, 6.45) is -2.37. The molecule has 1 aromatic rings. The molecule has 4 heteroatoms. The lowest BCUT2D eigenvalue weighted by Gasteiger charge is -2.31. The fourth-order valence-corrected chi connectivity index (χ4v) is 2.38. The second-order valence-corrected chi connectivity index (χ2v) is 4.69. The fraction of sp³-hybridized carbons (Fsp3) is 0.538. The monoisotopic (exact) mass is 243 g/mol. The highest BCUT2D eigenvalue weighted by Gasteiger charge is 2.32. The van der Waals surface area contributed by atoms with Crippen LogP contribution < -0.4 is 5.32 Å². The standard InChI is InChI=1S/C13H16F3N/c1-3-10-6-8(2)11-7-9(13(14,15)16)4-5-12(11)17-10/h4-5,7-8,10,17H,3,6H2,1-2H3/t8-,10+/m1/s1. The summed E-state index contributed by atoms with van der Waals surface area (Å²) in [5.74, 6) is 0.179. The Labute approximate surface area is 99.0 Å².